The molecule has 0 spiro atoms. The van der Waals surface area contributed by atoms with Gasteiger partial charge >= 0.3 is 5.97 Å². The first-order valence-electron chi connectivity index (χ1n) is 6.86. The van der Waals surface area contributed by atoms with Crippen molar-refractivity contribution in [2.45, 2.75) is 41.0 Å². The second kappa shape index (κ2) is 7.87. The van der Waals surface area contributed by atoms with Gasteiger partial charge in [0.25, 0.3) is 0 Å². The molecule has 0 aliphatic heterocycles. The lowest BCUT2D eigenvalue weighted by atomic mass is 9.76. The predicted octanol–water partition coefficient (Wildman–Crippen LogP) is 1.01. The zero-order valence-corrected chi connectivity index (χ0v) is 12.9. The fraction of sp³-hybridized carbons (Fsp3) is 0.786. The van der Waals surface area contributed by atoms with E-state index in [0.717, 1.165) is 0 Å². The number of carbonyl (C=O) groups is 3. The van der Waals surface area contributed by atoms with Crippen LogP contribution in [0.5, 0.6) is 0 Å². The zero-order valence-electron chi connectivity index (χ0n) is 12.9. The Bertz CT molecular complexity index is 366. The highest BCUT2D eigenvalue weighted by Crippen LogP contribution is 2.31. The van der Waals surface area contributed by atoms with Crippen molar-refractivity contribution >= 4 is 17.8 Å². The number of nitrogens with one attached hydrogen (secondary N) is 2. The van der Waals surface area contributed by atoms with Gasteiger partial charge in [0.15, 0.2) is 0 Å². The molecule has 0 saturated carbocycles. The van der Waals surface area contributed by atoms with Crippen molar-refractivity contribution in [3.8, 4) is 0 Å². The molecule has 0 saturated heterocycles. The smallest absolute Gasteiger partial charge is 0.310 e. The van der Waals surface area contributed by atoms with E-state index in [4.69, 9.17) is 0 Å². The molecule has 1 unspecified atom stereocenters. The van der Waals surface area contributed by atoms with Crippen LogP contribution < -0.4 is 10.6 Å². The van der Waals surface area contributed by atoms with Crippen LogP contribution in [0.1, 0.15) is 41.0 Å². The molecule has 20 heavy (non-hydrogen) atoms. The molecule has 0 bridgehead atoms. The Labute approximate surface area is 120 Å². The van der Waals surface area contributed by atoms with E-state index >= 15 is 0 Å². The Morgan fingerprint density at radius 3 is 2.00 bits per heavy atom. The molecule has 0 aromatic rings. The molecular formula is C14H26N2O4. The fourth-order valence-corrected chi connectivity index (χ4v) is 1.48. The summed E-state index contributed by atoms with van der Waals surface area (Å²) in [4.78, 5) is 34.5. The number of hydrogen-bond donors (Lipinski definition) is 3. The minimum absolute atomic E-state index is 0.126. The monoisotopic (exact) mass is 286 g/mol. The van der Waals surface area contributed by atoms with Crippen molar-refractivity contribution < 1.29 is 19.5 Å². The molecule has 3 N–H and O–H groups in total. The summed E-state index contributed by atoms with van der Waals surface area (Å²) >= 11 is 0. The maximum Gasteiger partial charge on any atom is 0.310 e. The molecule has 0 aromatic carbocycles. The summed E-state index contributed by atoms with van der Waals surface area (Å²) in [6.45, 7) is 9.43. The summed E-state index contributed by atoms with van der Waals surface area (Å²) in [5, 5.41) is 14.3. The van der Waals surface area contributed by atoms with Crippen molar-refractivity contribution in [3.05, 3.63) is 0 Å². The first-order valence-corrected chi connectivity index (χ1v) is 6.86. The number of hydrogen-bond acceptors (Lipinski definition) is 3. The van der Waals surface area contributed by atoms with Crippen LogP contribution in [0.4, 0.5) is 0 Å². The van der Waals surface area contributed by atoms with Crippen LogP contribution in [0.2, 0.25) is 0 Å². The minimum atomic E-state index is -1.13. The summed E-state index contributed by atoms with van der Waals surface area (Å²) in [6, 6.07) is 0. The summed E-state index contributed by atoms with van der Waals surface area (Å²) < 4.78 is 0. The topological polar surface area (TPSA) is 95.5 Å². The number of carboxylic acids is 1. The number of carboxylic acid groups (broad SMARTS) is 1. The van der Waals surface area contributed by atoms with E-state index in [1.54, 1.807) is 20.8 Å². The van der Waals surface area contributed by atoms with Gasteiger partial charge in [-0.15, -0.1) is 0 Å². The number of rotatable bonds is 8. The summed E-state index contributed by atoms with van der Waals surface area (Å²) in [5.41, 5.74) is -1.13. The van der Waals surface area contributed by atoms with E-state index in [1.807, 2.05) is 13.8 Å². The Kier molecular flexibility index (Phi) is 7.24. The van der Waals surface area contributed by atoms with Crippen LogP contribution in [0.3, 0.4) is 0 Å². The van der Waals surface area contributed by atoms with Crippen LogP contribution in [0.25, 0.3) is 0 Å². The highest BCUT2D eigenvalue weighted by atomic mass is 16.4. The van der Waals surface area contributed by atoms with Gasteiger partial charge in [0.1, 0.15) is 0 Å². The zero-order chi connectivity index (χ0) is 15.9. The lowest BCUT2D eigenvalue weighted by Gasteiger charge is -2.28. The van der Waals surface area contributed by atoms with E-state index in [1.165, 1.54) is 0 Å². The largest absolute Gasteiger partial charge is 0.481 e. The maximum absolute atomic E-state index is 11.8. The lowest BCUT2D eigenvalue weighted by molar-refractivity contribution is -0.153. The third kappa shape index (κ3) is 6.04. The van der Waals surface area contributed by atoms with E-state index < -0.39 is 17.3 Å². The van der Waals surface area contributed by atoms with Gasteiger partial charge < -0.3 is 15.7 Å². The molecule has 0 heterocycles. The van der Waals surface area contributed by atoms with Crippen molar-refractivity contribution in [3.63, 3.8) is 0 Å². The molecule has 0 fully saturated rings. The van der Waals surface area contributed by atoms with Gasteiger partial charge in [-0.05, 0) is 18.8 Å². The standard InChI is InChI=1S/C14H26N2O4/c1-9(2)7-15-12(18)8-16-11(17)6-14(5,10(3)4)13(19)20/h9-10H,6-8H2,1-5H3,(H,15,18)(H,16,17)(H,19,20). The summed E-state index contributed by atoms with van der Waals surface area (Å²) in [6.07, 6.45) is -0.141. The van der Waals surface area contributed by atoms with Gasteiger partial charge in [-0.3, -0.25) is 14.4 Å². The second-order valence-corrected chi connectivity index (χ2v) is 6.03. The summed E-state index contributed by atoms with van der Waals surface area (Å²) in [5.74, 6) is -1.55. The van der Waals surface area contributed by atoms with E-state index in [0.29, 0.717) is 12.5 Å². The van der Waals surface area contributed by atoms with Gasteiger partial charge in [-0.2, -0.15) is 0 Å². The van der Waals surface area contributed by atoms with Crippen LogP contribution >= 0.6 is 0 Å². The number of amides is 2. The van der Waals surface area contributed by atoms with Crippen molar-refractivity contribution in [2.75, 3.05) is 13.1 Å². The average Bonchev–Trinajstić information content (AvgIpc) is 2.33. The Morgan fingerprint density at radius 2 is 1.60 bits per heavy atom. The first kappa shape index (κ1) is 18.4. The van der Waals surface area contributed by atoms with E-state index in [-0.39, 0.29) is 24.8 Å². The van der Waals surface area contributed by atoms with Crippen LogP contribution in [-0.2, 0) is 14.4 Å². The molecule has 6 nitrogen and oxygen atoms in total. The number of carbonyl (C=O) groups excluding carboxylic acids is 2. The Morgan fingerprint density at radius 1 is 1.05 bits per heavy atom. The molecule has 0 aromatic heterocycles. The Balaban J connectivity index is 4.29. The molecule has 0 rings (SSSR count). The highest BCUT2D eigenvalue weighted by Gasteiger charge is 2.38. The summed E-state index contributed by atoms with van der Waals surface area (Å²) in [7, 11) is 0. The van der Waals surface area contributed by atoms with Gasteiger partial charge in [0, 0.05) is 13.0 Å². The van der Waals surface area contributed by atoms with Crippen LogP contribution in [0, 0.1) is 17.3 Å². The molecule has 0 radical (unpaired) electrons. The third-order valence-electron chi connectivity index (χ3n) is 3.44. The maximum atomic E-state index is 11.8. The van der Waals surface area contributed by atoms with Gasteiger partial charge in [-0.1, -0.05) is 27.7 Å². The lowest BCUT2D eigenvalue weighted by Crippen LogP contribution is -2.42. The van der Waals surface area contributed by atoms with Crippen molar-refractivity contribution in [1.82, 2.24) is 10.6 Å². The van der Waals surface area contributed by atoms with Crippen molar-refractivity contribution in [1.29, 1.82) is 0 Å². The second-order valence-electron chi connectivity index (χ2n) is 6.03. The molecule has 116 valence electrons. The molecular weight excluding hydrogens is 260 g/mol. The van der Waals surface area contributed by atoms with E-state index in [2.05, 4.69) is 10.6 Å². The average molecular weight is 286 g/mol. The highest BCUT2D eigenvalue weighted by molar-refractivity contribution is 5.88. The quantitative estimate of drug-likeness (QED) is 0.620. The van der Waals surface area contributed by atoms with E-state index in [9.17, 15) is 19.5 Å². The van der Waals surface area contributed by atoms with Crippen LogP contribution in [0.15, 0.2) is 0 Å². The van der Waals surface area contributed by atoms with Gasteiger partial charge in [0.05, 0.1) is 12.0 Å². The first-order chi connectivity index (χ1) is 9.09. The van der Waals surface area contributed by atoms with Gasteiger partial charge in [0.2, 0.25) is 11.8 Å². The predicted molar refractivity (Wildman–Crippen MR) is 76.1 cm³/mol. The normalized spacial score (nSPS) is 13.9. The molecule has 0 aliphatic carbocycles. The minimum Gasteiger partial charge on any atom is -0.481 e. The number of aliphatic carboxylic acids is 1. The third-order valence-corrected chi connectivity index (χ3v) is 3.44. The Hall–Kier alpha value is -1.59. The van der Waals surface area contributed by atoms with Crippen molar-refractivity contribution in [2.24, 2.45) is 17.3 Å². The molecule has 1 atom stereocenters. The van der Waals surface area contributed by atoms with Gasteiger partial charge in [-0.25, -0.2) is 0 Å². The van der Waals surface area contributed by atoms with Crippen LogP contribution in [-0.4, -0.2) is 36.0 Å². The molecule has 0 aliphatic rings. The molecule has 6 heteroatoms. The molecule has 2 amide bonds. The fourth-order valence-electron chi connectivity index (χ4n) is 1.48. The SMILES string of the molecule is CC(C)CNC(=O)CNC(=O)CC(C)(C(=O)O)C(C)C.